The average Bonchev–Trinajstić information content (AvgIpc) is 2.14. The van der Waals surface area contributed by atoms with Crippen LogP contribution < -0.4 is 0 Å². The van der Waals surface area contributed by atoms with Gasteiger partial charge in [-0.05, 0) is 39.5 Å². The van der Waals surface area contributed by atoms with E-state index in [1.807, 2.05) is 13.8 Å². The molecule has 1 aliphatic carbocycles. The van der Waals surface area contributed by atoms with Crippen LogP contribution in [0, 0.1) is 5.41 Å². The first-order valence-electron chi connectivity index (χ1n) is 6.50. The largest absolute Gasteiger partial charge is 0.392 e. The fourth-order valence-corrected chi connectivity index (χ4v) is 3.11. The van der Waals surface area contributed by atoms with Gasteiger partial charge in [0.05, 0.1) is 18.8 Å². The SMILES string of the molecule is CCC(O)C1([C@@H]2CCOC(C)(C)O2)CCC1. The van der Waals surface area contributed by atoms with Gasteiger partial charge >= 0.3 is 0 Å². The molecule has 2 aliphatic rings. The molecular weight excluding hydrogens is 204 g/mol. The van der Waals surface area contributed by atoms with E-state index in [2.05, 4.69) is 6.92 Å². The Morgan fingerprint density at radius 1 is 1.38 bits per heavy atom. The van der Waals surface area contributed by atoms with Crippen molar-refractivity contribution < 1.29 is 14.6 Å². The first-order valence-corrected chi connectivity index (χ1v) is 6.50. The molecule has 2 atom stereocenters. The summed E-state index contributed by atoms with van der Waals surface area (Å²) in [6.45, 7) is 6.72. The fourth-order valence-electron chi connectivity index (χ4n) is 3.11. The number of hydrogen-bond acceptors (Lipinski definition) is 3. The Hall–Kier alpha value is -0.120. The molecule has 0 radical (unpaired) electrons. The highest BCUT2D eigenvalue weighted by Crippen LogP contribution is 2.51. The first kappa shape index (κ1) is 12.3. The van der Waals surface area contributed by atoms with Crippen LogP contribution in [0.5, 0.6) is 0 Å². The van der Waals surface area contributed by atoms with E-state index in [4.69, 9.17) is 9.47 Å². The van der Waals surface area contributed by atoms with Crippen LogP contribution in [0.4, 0.5) is 0 Å². The summed E-state index contributed by atoms with van der Waals surface area (Å²) in [5, 5.41) is 10.2. The second-order valence-corrected chi connectivity index (χ2v) is 5.65. The zero-order valence-electron chi connectivity index (χ0n) is 10.7. The zero-order valence-corrected chi connectivity index (χ0v) is 10.7. The van der Waals surface area contributed by atoms with E-state index >= 15 is 0 Å². The lowest BCUT2D eigenvalue weighted by Crippen LogP contribution is -2.56. The second-order valence-electron chi connectivity index (χ2n) is 5.65. The molecule has 2 fully saturated rings. The number of aliphatic hydroxyl groups excluding tert-OH is 1. The summed E-state index contributed by atoms with van der Waals surface area (Å²) >= 11 is 0. The molecule has 0 bridgehead atoms. The van der Waals surface area contributed by atoms with Gasteiger partial charge in [-0.15, -0.1) is 0 Å². The molecule has 2 rings (SSSR count). The maximum atomic E-state index is 10.2. The van der Waals surface area contributed by atoms with Crippen molar-refractivity contribution in [1.29, 1.82) is 0 Å². The molecule has 0 aromatic rings. The van der Waals surface area contributed by atoms with Gasteiger partial charge in [0, 0.05) is 5.41 Å². The number of hydrogen-bond donors (Lipinski definition) is 1. The fraction of sp³-hybridized carbons (Fsp3) is 1.00. The van der Waals surface area contributed by atoms with Crippen molar-refractivity contribution in [1.82, 2.24) is 0 Å². The zero-order chi connectivity index (χ0) is 11.8. The summed E-state index contributed by atoms with van der Waals surface area (Å²) in [5.74, 6) is -0.487. The van der Waals surface area contributed by atoms with Crippen LogP contribution in [0.3, 0.4) is 0 Å². The lowest BCUT2D eigenvalue weighted by molar-refractivity contribution is -0.312. The van der Waals surface area contributed by atoms with Crippen LogP contribution in [-0.4, -0.2) is 29.7 Å². The molecular formula is C13H24O3. The summed E-state index contributed by atoms with van der Waals surface area (Å²) < 4.78 is 11.6. The van der Waals surface area contributed by atoms with Gasteiger partial charge in [0.25, 0.3) is 0 Å². The van der Waals surface area contributed by atoms with E-state index < -0.39 is 5.79 Å². The summed E-state index contributed by atoms with van der Waals surface area (Å²) in [5.41, 5.74) is 0.00972. The van der Waals surface area contributed by atoms with Crippen LogP contribution in [0.25, 0.3) is 0 Å². The molecule has 0 aromatic heterocycles. The van der Waals surface area contributed by atoms with Crippen molar-refractivity contribution in [2.45, 2.75) is 70.9 Å². The Morgan fingerprint density at radius 3 is 2.50 bits per heavy atom. The van der Waals surface area contributed by atoms with E-state index in [-0.39, 0.29) is 17.6 Å². The standard InChI is InChI=1S/C13H24O3/c1-4-10(14)13(7-5-8-13)11-6-9-15-12(2,3)16-11/h10-11,14H,4-9H2,1-3H3/t10?,11-/m0/s1. The Bertz CT molecular complexity index is 246. The number of ether oxygens (including phenoxy) is 2. The predicted octanol–water partition coefficient (Wildman–Crippen LogP) is 2.47. The lowest BCUT2D eigenvalue weighted by Gasteiger charge is -2.53. The first-order chi connectivity index (χ1) is 7.50. The molecule has 16 heavy (non-hydrogen) atoms. The van der Waals surface area contributed by atoms with Crippen LogP contribution in [0.15, 0.2) is 0 Å². The van der Waals surface area contributed by atoms with E-state index in [1.54, 1.807) is 0 Å². The van der Waals surface area contributed by atoms with Crippen molar-refractivity contribution in [2.24, 2.45) is 5.41 Å². The van der Waals surface area contributed by atoms with Gasteiger partial charge in [-0.25, -0.2) is 0 Å². The third-order valence-corrected chi connectivity index (χ3v) is 4.23. The van der Waals surface area contributed by atoms with Crippen molar-refractivity contribution in [3.05, 3.63) is 0 Å². The molecule has 1 N–H and O–H groups in total. The smallest absolute Gasteiger partial charge is 0.163 e. The quantitative estimate of drug-likeness (QED) is 0.806. The number of aliphatic hydroxyl groups is 1. The van der Waals surface area contributed by atoms with Crippen LogP contribution in [0.1, 0.15) is 52.9 Å². The van der Waals surface area contributed by atoms with Gasteiger partial charge in [-0.3, -0.25) is 0 Å². The molecule has 1 saturated heterocycles. The maximum Gasteiger partial charge on any atom is 0.163 e. The van der Waals surface area contributed by atoms with Gasteiger partial charge < -0.3 is 14.6 Å². The molecule has 94 valence electrons. The van der Waals surface area contributed by atoms with E-state index in [0.29, 0.717) is 0 Å². The molecule has 1 saturated carbocycles. The summed E-state index contributed by atoms with van der Waals surface area (Å²) in [6.07, 6.45) is 5.10. The minimum absolute atomic E-state index is 0.00972. The summed E-state index contributed by atoms with van der Waals surface area (Å²) in [7, 11) is 0. The topological polar surface area (TPSA) is 38.7 Å². The molecule has 0 amide bonds. The predicted molar refractivity (Wildman–Crippen MR) is 62.1 cm³/mol. The Balaban J connectivity index is 2.09. The van der Waals surface area contributed by atoms with Crippen molar-refractivity contribution >= 4 is 0 Å². The normalized spacial score (nSPS) is 34.1. The van der Waals surface area contributed by atoms with Crippen LogP contribution in [0.2, 0.25) is 0 Å². The average molecular weight is 228 g/mol. The Morgan fingerprint density at radius 2 is 2.06 bits per heavy atom. The highest BCUT2D eigenvalue weighted by Gasteiger charge is 2.51. The molecule has 3 nitrogen and oxygen atoms in total. The third-order valence-electron chi connectivity index (χ3n) is 4.23. The third kappa shape index (κ3) is 2.01. The highest BCUT2D eigenvalue weighted by atomic mass is 16.7. The van der Waals surface area contributed by atoms with E-state index in [9.17, 15) is 5.11 Å². The second kappa shape index (κ2) is 4.28. The van der Waals surface area contributed by atoms with E-state index in [1.165, 1.54) is 6.42 Å². The molecule has 1 unspecified atom stereocenters. The molecule has 0 aromatic carbocycles. The monoisotopic (exact) mass is 228 g/mol. The summed E-state index contributed by atoms with van der Waals surface area (Å²) in [6, 6.07) is 0. The van der Waals surface area contributed by atoms with Crippen LogP contribution >= 0.6 is 0 Å². The van der Waals surface area contributed by atoms with Gasteiger partial charge in [-0.2, -0.15) is 0 Å². The van der Waals surface area contributed by atoms with Crippen molar-refractivity contribution in [2.75, 3.05) is 6.61 Å². The van der Waals surface area contributed by atoms with E-state index in [0.717, 1.165) is 32.3 Å². The minimum Gasteiger partial charge on any atom is -0.392 e. The van der Waals surface area contributed by atoms with Crippen LogP contribution in [-0.2, 0) is 9.47 Å². The molecule has 3 heteroatoms. The summed E-state index contributed by atoms with van der Waals surface area (Å²) in [4.78, 5) is 0. The van der Waals surface area contributed by atoms with Gasteiger partial charge in [-0.1, -0.05) is 13.3 Å². The highest BCUT2D eigenvalue weighted by molar-refractivity contribution is 5.00. The lowest BCUT2D eigenvalue weighted by atomic mass is 9.60. The van der Waals surface area contributed by atoms with Gasteiger partial charge in [0.15, 0.2) is 5.79 Å². The molecule has 0 spiro atoms. The van der Waals surface area contributed by atoms with Gasteiger partial charge in [0.1, 0.15) is 0 Å². The molecule has 1 heterocycles. The molecule has 1 aliphatic heterocycles. The van der Waals surface area contributed by atoms with Crippen molar-refractivity contribution in [3.8, 4) is 0 Å². The maximum absolute atomic E-state index is 10.2. The van der Waals surface area contributed by atoms with Gasteiger partial charge in [0.2, 0.25) is 0 Å². The van der Waals surface area contributed by atoms with Crippen molar-refractivity contribution in [3.63, 3.8) is 0 Å². The Kier molecular flexibility index (Phi) is 3.30. The Labute approximate surface area is 98.1 Å². The number of rotatable bonds is 3. The minimum atomic E-state index is -0.487.